The largest absolute Gasteiger partial charge is 0.496 e. The molecular weight excluding hydrogens is 320 g/mol. The molecule has 0 radical (unpaired) electrons. The van der Waals surface area contributed by atoms with Crippen LogP contribution in [0.4, 0.5) is 5.69 Å². The molecule has 0 bridgehead atoms. The Kier molecular flexibility index (Phi) is 5.58. The highest BCUT2D eigenvalue weighted by atomic mass is 16.5. The summed E-state index contributed by atoms with van der Waals surface area (Å²) in [6.07, 6.45) is 3.12. The molecule has 2 heterocycles. The molecule has 130 valence electrons. The zero-order valence-corrected chi connectivity index (χ0v) is 14.0. The number of nitrogens with zero attached hydrogens (tertiary/aromatic N) is 3. The number of hydrogen-bond donors (Lipinski definition) is 1. The van der Waals surface area contributed by atoms with Gasteiger partial charge in [-0.25, -0.2) is 5.43 Å². The van der Waals surface area contributed by atoms with E-state index in [4.69, 9.17) is 9.47 Å². The fourth-order valence-electron chi connectivity index (χ4n) is 2.54. The number of rotatable bonds is 5. The van der Waals surface area contributed by atoms with Gasteiger partial charge in [0.05, 0.1) is 26.5 Å². The predicted molar refractivity (Wildman–Crippen MR) is 95.3 cm³/mol. The van der Waals surface area contributed by atoms with Gasteiger partial charge in [0, 0.05) is 36.6 Å². The summed E-state index contributed by atoms with van der Waals surface area (Å²) in [7, 11) is 1.61. The van der Waals surface area contributed by atoms with Crippen LogP contribution in [0.1, 0.15) is 16.1 Å². The van der Waals surface area contributed by atoms with Crippen molar-refractivity contribution in [2.24, 2.45) is 5.10 Å². The summed E-state index contributed by atoms with van der Waals surface area (Å²) in [5, 5.41) is 3.99. The molecule has 7 nitrogen and oxygen atoms in total. The van der Waals surface area contributed by atoms with Crippen molar-refractivity contribution in [2.45, 2.75) is 0 Å². The lowest BCUT2D eigenvalue weighted by Gasteiger charge is -2.29. The quantitative estimate of drug-likeness (QED) is 0.662. The lowest BCUT2D eigenvalue weighted by atomic mass is 10.1. The first kappa shape index (κ1) is 16.9. The average molecular weight is 340 g/mol. The van der Waals surface area contributed by atoms with E-state index in [1.54, 1.807) is 37.7 Å². The van der Waals surface area contributed by atoms with Crippen LogP contribution >= 0.6 is 0 Å². The molecule has 7 heteroatoms. The second-order valence-electron chi connectivity index (χ2n) is 5.44. The van der Waals surface area contributed by atoms with E-state index in [1.165, 1.54) is 0 Å². The fraction of sp³-hybridized carbons (Fsp3) is 0.278. The number of carbonyl (C=O) groups is 1. The Morgan fingerprint density at radius 2 is 2.16 bits per heavy atom. The van der Waals surface area contributed by atoms with Crippen molar-refractivity contribution in [2.75, 3.05) is 38.3 Å². The number of hydrazone groups is 1. The maximum atomic E-state index is 11.9. The maximum Gasteiger partial charge on any atom is 0.289 e. The Morgan fingerprint density at radius 3 is 2.88 bits per heavy atom. The van der Waals surface area contributed by atoms with Crippen molar-refractivity contribution in [3.8, 4) is 5.75 Å². The van der Waals surface area contributed by atoms with Crippen molar-refractivity contribution in [3.05, 3.63) is 53.9 Å². The van der Waals surface area contributed by atoms with Gasteiger partial charge in [0.1, 0.15) is 11.4 Å². The molecule has 1 N–H and O–H groups in total. The van der Waals surface area contributed by atoms with Crippen LogP contribution in [0.15, 0.2) is 47.7 Å². The Bertz CT molecular complexity index is 743. The maximum absolute atomic E-state index is 11.9. The normalized spacial score (nSPS) is 14.5. The van der Waals surface area contributed by atoms with Crippen LogP contribution in [0, 0.1) is 0 Å². The van der Waals surface area contributed by atoms with E-state index in [0.717, 1.165) is 37.6 Å². The van der Waals surface area contributed by atoms with Crippen molar-refractivity contribution >= 4 is 17.8 Å². The Hall–Kier alpha value is -2.93. The highest BCUT2D eigenvalue weighted by molar-refractivity contribution is 5.93. The average Bonchev–Trinajstić information content (AvgIpc) is 2.69. The van der Waals surface area contributed by atoms with Crippen LogP contribution < -0.4 is 15.1 Å². The predicted octanol–water partition coefficient (Wildman–Crippen LogP) is 1.69. The number of carbonyl (C=O) groups excluding carboxylic acids is 1. The highest BCUT2D eigenvalue weighted by Crippen LogP contribution is 2.25. The molecule has 25 heavy (non-hydrogen) atoms. The van der Waals surface area contributed by atoms with E-state index in [0.29, 0.717) is 11.4 Å². The van der Waals surface area contributed by atoms with E-state index < -0.39 is 0 Å². The standard InChI is InChI=1S/C18H20N4O3/c1-24-17-12-15(22-8-10-25-11-9-22)6-5-14(17)13-20-21-18(23)16-4-2-3-7-19-16/h2-7,12-13H,8-11H2,1H3,(H,21,23)/b20-13-. The summed E-state index contributed by atoms with van der Waals surface area (Å²) in [5.41, 5.74) is 4.63. The first-order chi connectivity index (χ1) is 12.3. The summed E-state index contributed by atoms with van der Waals surface area (Å²) in [6, 6.07) is 11.0. The number of anilines is 1. The minimum Gasteiger partial charge on any atom is -0.496 e. The topological polar surface area (TPSA) is 76.1 Å². The molecule has 0 saturated carbocycles. The molecule has 0 atom stereocenters. The second kappa shape index (κ2) is 8.25. The van der Waals surface area contributed by atoms with Crippen LogP contribution in [-0.4, -0.2) is 50.5 Å². The van der Waals surface area contributed by atoms with Gasteiger partial charge in [-0.05, 0) is 24.3 Å². The van der Waals surface area contributed by atoms with Crippen LogP contribution in [-0.2, 0) is 4.74 Å². The highest BCUT2D eigenvalue weighted by Gasteiger charge is 2.13. The van der Waals surface area contributed by atoms with Gasteiger partial charge in [0.15, 0.2) is 0 Å². The monoisotopic (exact) mass is 340 g/mol. The van der Waals surface area contributed by atoms with Crippen molar-refractivity contribution in [1.29, 1.82) is 0 Å². The van der Waals surface area contributed by atoms with Gasteiger partial charge in [-0.2, -0.15) is 5.10 Å². The Morgan fingerprint density at radius 1 is 1.32 bits per heavy atom. The molecule has 1 aliphatic rings. The van der Waals surface area contributed by atoms with Crippen molar-refractivity contribution in [1.82, 2.24) is 10.4 Å². The molecule has 1 fully saturated rings. The molecule has 1 aromatic heterocycles. The third-order valence-corrected chi connectivity index (χ3v) is 3.86. The molecule has 3 rings (SSSR count). The summed E-state index contributed by atoms with van der Waals surface area (Å²) in [5.74, 6) is 0.334. The third-order valence-electron chi connectivity index (χ3n) is 3.86. The van der Waals surface area contributed by atoms with Crippen LogP contribution in [0.25, 0.3) is 0 Å². The van der Waals surface area contributed by atoms with Crippen LogP contribution in [0.2, 0.25) is 0 Å². The number of aromatic nitrogens is 1. The number of benzene rings is 1. The minimum absolute atomic E-state index is 0.314. The van der Waals surface area contributed by atoms with E-state index >= 15 is 0 Å². The van der Waals surface area contributed by atoms with Crippen LogP contribution in [0.5, 0.6) is 5.75 Å². The first-order valence-corrected chi connectivity index (χ1v) is 8.03. The molecule has 0 aliphatic carbocycles. The second-order valence-corrected chi connectivity index (χ2v) is 5.44. The summed E-state index contributed by atoms with van der Waals surface area (Å²) >= 11 is 0. The molecular formula is C18H20N4O3. The zero-order valence-electron chi connectivity index (χ0n) is 14.0. The number of hydrogen-bond acceptors (Lipinski definition) is 6. The molecule has 1 saturated heterocycles. The number of pyridine rings is 1. The molecule has 1 aromatic carbocycles. The number of nitrogens with one attached hydrogen (secondary N) is 1. The van der Waals surface area contributed by atoms with Gasteiger partial charge in [-0.3, -0.25) is 9.78 Å². The molecule has 0 spiro atoms. The molecule has 1 amide bonds. The third kappa shape index (κ3) is 4.33. The van der Waals surface area contributed by atoms with E-state index in [2.05, 4.69) is 20.4 Å². The number of methoxy groups -OCH3 is 1. The van der Waals surface area contributed by atoms with Gasteiger partial charge < -0.3 is 14.4 Å². The molecule has 0 unspecified atom stereocenters. The summed E-state index contributed by atoms with van der Waals surface area (Å²) in [6.45, 7) is 3.17. The summed E-state index contributed by atoms with van der Waals surface area (Å²) in [4.78, 5) is 18.1. The van der Waals surface area contributed by atoms with Gasteiger partial charge >= 0.3 is 0 Å². The minimum atomic E-state index is -0.360. The van der Waals surface area contributed by atoms with Crippen LogP contribution in [0.3, 0.4) is 0 Å². The SMILES string of the molecule is COc1cc(N2CCOCC2)ccc1/C=N\NC(=O)c1ccccn1. The zero-order chi connectivity index (χ0) is 17.5. The number of morpholine rings is 1. The lowest BCUT2D eigenvalue weighted by molar-refractivity contribution is 0.0950. The number of ether oxygens (including phenoxy) is 2. The molecule has 2 aromatic rings. The Labute approximate surface area is 146 Å². The first-order valence-electron chi connectivity index (χ1n) is 8.03. The van der Waals surface area contributed by atoms with Crippen molar-refractivity contribution in [3.63, 3.8) is 0 Å². The van der Waals surface area contributed by atoms with E-state index in [9.17, 15) is 4.79 Å². The fourth-order valence-corrected chi connectivity index (χ4v) is 2.54. The van der Waals surface area contributed by atoms with E-state index in [-0.39, 0.29) is 5.91 Å². The van der Waals surface area contributed by atoms with Gasteiger partial charge in [-0.1, -0.05) is 6.07 Å². The smallest absolute Gasteiger partial charge is 0.289 e. The Balaban J connectivity index is 1.68. The number of amides is 1. The van der Waals surface area contributed by atoms with Gasteiger partial charge in [-0.15, -0.1) is 0 Å². The van der Waals surface area contributed by atoms with Gasteiger partial charge in [0.25, 0.3) is 5.91 Å². The lowest BCUT2D eigenvalue weighted by Crippen LogP contribution is -2.36. The van der Waals surface area contributed by atoms with E-state index in [1.807, 2.05) is 18.2 Å². The molecule has 1 aliphatic heterocycles. The van der Waals surface area contributed by atoms with Crippen molar-refractivity contribution < 1.29 is 14.3 Å². The van der Waals surface area contributed by atoms with Gasteiger partial charge in [0.2, 0.25) is 0 Å². The summed E-state index contributed by atoms with van der Waals surface area (Å²) < 4.78 is 10.8.